The molecule has 0 bridgehead atoms. The molecule has 3 N–H and O–H groups in total. The van der Waals surface area contributed by atoms with Crippen molar-refractivity contribution in [1.29, 1.82) is 0 Å². The van der Waals surface area contributed by atoms with Gasteiger partial charge in [0.1, 0.15) is 10.7 Å². The van der Waals surface area contributed by atoms with Crippen molar-refractivity contribution in [2.45, 2.75) is 39.3 Å². The Morgan fingerprint density at radius 3 is 2.74 bits per heavy atom. The zero-order chi connectivity index (χ0) is 14.4. The molecule has 0 heterocycles. The number of ether oxygens (including phenoxy) is 1. The maximum absolute atomic E-state index is 11.8. The summed E-state index contributed by atoms with van der Waals surface area (Å²) < 4.78 is 5.59. The minimum absolute atomic E-state index is 0.130. The first-order valence-corrected chi connectivity index (χ1v) is 6.71. The molecule has 0 aliphatic carbocycles. The van der Waals surface area contributed by atoms with Gasteiger partial charge in [-0.2, -0.15) is 0 Å². The third-order valence-electron chi connectivity index (χ3n) is 2.80. The van der Waals surface area contributed by atoms with Gasteiger partial charge in [0.05, 0.1) is 0 Å². The van der Waals surface area contributed by atoms with Gasteiger partial charge in [-0.05, 0) is 32.4 Å². The summed E-state index contributed by atoms with van der Waals surface area (Å²) in [6.45, 7) is 5.69. The molecule has 0 saturated carbocycles. The maximum Gasteiger partial charge on any atom is 0.260 e. The summed E-state index contributed by atoms with van der Waals surface area (Å²) in [7, 11) is 0. The normalized spacial score (nSPS) is 13.4. The van der Waals surface area contributed by atoms with E-state index in [1.54, 1.807) is 31.2 Å². The number of amides is 1. The molecule has 0 radical (unpaired) electrons. The van der Waals surface area contributed by atoms with Gasteiger partial charge in [0.25, 0.3) is 5.91 Å². The van der Waals surface area contributed by atoms with Crippen LogP contribution in [0.2, 0.25) is 0 Å². The molecule has 2 atom stereocenters. The topological polar surface area (TPSA) is 64.3 Å². The lowest BCUT2D eigenvalue weighted by molar-refractivity contribution is -0.127. The van der Waals surface area contributed by atoms with E-state index in [9.17, 15) is 4.79 Å². The molecule has 5 heteroatoms. The van der Waals surface area contributed by atoms with Crippen molar-refractivity contribution in [3.05, 3.63) is 29.8 Å². The van der Waals surface area contributed by atoms with Crippen molar-refractivity contribution in [1.82, 2.24) is 5.32 Å². The van der Waals surface area contributed by atoms with Gasteiger partial charge in [0.2, 0.25) is 0 Å². The second kappa shape index (κ2) is 7.09. The minimum Gasteiger partial charge on any atom is -0.481 e. The largest absolute Gasteiger partial charge is 0.481 e. The van der Waals surface area contributed by atoms with Gasteiger partial charge < -0.3 is 15.8 Å². The third kappa shape index (κ3) is 4.87. The van der Waals surface area contributed by atoms with Crippen LogP contribution in [0, 0.1) is 0 Å². The van der Waals surface area contributed by atoms with Crippen LogP contribution < -0.4 is 15.8 Å². The van der Waals surface area contributed by atoms with E-state index in [1.807, 2.05) is 13.8 Å². The molecule has 104 valence electrons. The van der Waals surface area contributed by atoms with E-state index in [0.717, 1.165) is 12.0 Å². The summed E-state index contributed by atoms with van der Waals surface area (Å²) in [6, 6.07) is 7.24. The van der Waals surface area contributed by atoms with Crippen LogP contribution in [-0.4, -0.2) is 23.0 Å². The molecule has 1 aromatic carbocycles. The number of hydrogen-bond donors (Lipinski definition) is 2. The Kier molecular flexibility index (Phi) is 5.76. The van der Waals surface area contributed by atoms with Gasteiger partial charge in [-0.3, -0.25) is 4.79 Å². The van der Waals surface area contributed by atoms with Crippen LogP contribution in [0.15, 0.2) is 24.3 Å². The first kappa shape index (κ1) is 15.4. The smallest absolute Gasteiger partial charge is 0.260 e. The predicted molar refractivity (Wildman–Crippen MR) is 80.3 cm³/mol. The second-order valence-corrected chi connectivity index (χ2v) is 4.91. The molecule has 1 rings (SSSR count). The van der Waals surface area contributed by atoms with E-state index in [2.05, 4.69) is 5.32 Å². The number of rotatable bonds is 6. The zero-order valence-corrected chi connectivity index (χ0v) is 12.3. The molecule has 4 nitrogen and oxygen atoms in total. The van der Waals surface area contributed by atoms with E-state index in [0.29, 0.717) is 10.7 Å². The zero-order valence-electron chi connectivity index (χ0n) is 11.5. The second-order valence-electron chi connectivity index (χ2n) is 4.47. The van der Waals surface area contributed by atoms with Crippen LogP contribution in [0.3, 0.4) is 0 Å². The van der Waals surface area contributed by atoms with E-state index in [4.69, 9.17) is 22.7 Å². The molecule has 0 saturated heterocycles. The highest BCUT2D eigenvalue weighted by atomic mass is 32.1. The molecule has 0 fully saturated rings. The monoisotopic (exact) mass is 280 g/mol. The summed E-state index contributed by atoms with van der Waals surface area (Å²) in [5.41, 5.74) is 6.28. The Morgan fingerprint density at radius 1 is 1.47 bits per heavy atom. The fourth-order valence-electron chi connectivity index (χ4n) is 1.44. The molecule has 1 amide bonds. The lowest BCUT2D eigenvalue weighted by Crippen LogP contribution is -2.41. The highest BCUT2D eigenvalue weighted by Crippen LogP contribution is 2.15. The van der Waals surface area contributed by atoms with E-state index in [1.165, 1.54) is 0 Å². The van der Waals surface area contributed by atoms with Crippen LogP contribution in [0.5, 0.6) is 5.75 Å². The molecular weight excluding hydrogens is 260 g/mol. The SMILES string of the molecule is CCC(C)NC(=O)C(C)Oc1cccc(C(N)=S)c1. The highest BCUT2D eigenvalue weighted by molar-refractivity contribution is 7.80. The number of nitrogens with two attached hydrogens (primary N) is 1. The van der Waals surface area contributed by atoms with Gasteiger partial charge in [-0.1, -0.05) is 31.3 Å². The first-order valence-electron chi connectivity index (χ1n) is 6.31. The van der Waals surface area contributed by atoms with Crippen molar-refractivity contribution in [2.75, 3.05) is 0 Å². The summed E-state index contributed by atoms with van der Waals surface area (Å²) in [5, 5.41) is 2.87. The van der Waals surface area contributed by atoms with Crippen molar-refractivity contribution >= 4 is 23.1 Å². The first-order chi connectivity index (χ1) is 8.93. The molecule has 0 aliphatic heterocycles. The minimum atomic E-state index is -0.560. The fourth-order valence-corrected chi connectivity index (χ4v) is 1.57. The third-order valence-corrected chi connectivity index (χ3v) is 3.04. The van der Waals surface area contributed by atoms with Gasteiger partial charge in [-0.15, -0.1) is 0 Å². The van der Waals surface area contributed by atoms with Crippen LogP contribution in [0.4, 0.5) is 0 Å². The number of nitrogens with one attached hydrogen (secondary N) is 1. The standard InChI is InChI=1S/C14H20N2O2S/c1-4-9(2)16-14(17)10(3)18-12-7-5-6-11(8-12)13(15)19/h5-10H,4H2,1-3H3,(H2,15,19)(H,16,17). The van der Waals surface area contributed by atoms with E-state index < -0.39 is 6.10 Å². The predicted octanol–water partition coefficient (Wildman–Crippen LogP) is 2.00. The number of benzene rings is 1. The lowest BCUT2D eigenvalue weighted by Gasteiger charge is -2.18. The number of hydrogen-bond acceptors (Lipinski definition) is 3. The van der Waals surface area contributed by atoms with Crippen molar-refractivity contribution in [3.8, 4) is 5.75 Å². The average Bonchev–Trinajstić information content (AvgIpc) is 2.38. The summed E-state index contributed by atoms with van der Waals surface area (Å²) in [6.07, 6.45) is 0.325. The van der Waals surface area contributed by atoms with Crippen LogP contribution in [0.1, 0.15) is 32.8 Å². The van der Waals surface area contributed by atoms with Crippen LogP contribution in [0.25, 0.3) is 0 Å². The Balaban J connectivity index is 2.66. The van der Waals surface area contributed by atoms with Gasteiger partial charge in [0, 0.05) is 11.6 Å². The fraction of sp³-hybridized carbons (Fsp3) is 0.429. The molecular formula is C14H20N2O2S. The summed E-state index contributed by atoms with van der Waals surface area (Å²) in [4.78, 5) is 12.2. The Labute approximate surface area is 119 Å². The Morgan fingerprint density at radius 2 is 2.16 bits per heavy atom. The van der Waals surface area contributed by atoms with Crippen molar-refractivity contribution in [3.63, 3.8) is 0 Å². The van der Waals surface area contributed by atoms with E-state index in [-0.39, 0.29) is 11.9 Å². The lowest BCUT2D eigenvalue weighted by atomic mass is 10.2. The Bertz CT molecular complexity index is 463. The number of carbonyl (C=O) groups excluding carboxylic acids is 1. The van der Waals surface area contributed by atoms with Crippen molar-refractivity contribution in [2.24, 2.45) is 5.73 Å². The average molecular weight is 280 g/mol. The highest BCUT2D eigenvalue weighted by Gasteiger charge is 2.16. The quantitative estimate of drug-likeness (QED) is 0.782. The summed E-state index contributed by atoms with van der Waals surface area (Å²) in [5.74, 6) is 0.451. The number of carbonyl (C=O) groups is 1. The van der Waals surface area contributed by atoms with Crippen LogP contribution >= 0.6 is 12.2 Å². The van der Waals surface area contributed by atoms with Gasteiger partial charge in [-0.25, -0.2) is 0 Å². The number of thiocarbonyl (C=S) groups is 1. The Hall–Kier alpha value is -1.62. The maximum atomic E-state index is 11.8. The van der Waals surface area contributed by atoms with Gasteiger partial charge in [0.15, 0.2) is 6.10 Å². The summed E-state index contributed by atoms with van der Waals surface area (Å²) >= 11 is 4.90. The molecule has 1 aromatic rings. The molecule has 0 aliphatic rings. The molecule has 0 aromatic heterocycles. The van der Waals surface area contributed by atoms with E-state index >= 15 is 0 Å². The van der Waals surface area contributed by atoms with Crippen LogP contribution in [-0.2, 0) is 4.79 Å². The molecule has 19 heavy (non-hydrogen) atoms. The molecule has 2 unspecified atom stereocenters. The van der Waals surface area contributed by atoms with Crippen molar-refractivity contribution < 1.29 is 9.53 Å². The van der Waals surface area contributed by atoms with Gasteiger partial charge >= 0.3 is 0 Å². The molecule has 0 spiro atoms.